The van der Waals surface area contributed by atoms with E-state index in [1.54, 1.807) is 6.20 Å². The standard InChI is InChI=1S/C10H20N2O/c1-8(2)5-6-11-10(13)12-7-9(3)4/h7-8H,5-6H2,1-4H3,(H2,11,12,13). The van der Waals surface area contributed by atoms with Crippen LogP contribution in [0.4, 0.5) is 4.79 Å². The summed E-state index contributed by atoms with van der Waals surface area (Å²) in [6.07, 6.45) is 2.72. The first-order valence-electron chi connectivity index (χ1n) is 4.70. The third kappa shape index (κ3) is 8.92. The lowest BCUT2D eigenvalue weighted by atomic mass is 10.1. The summed E-state index contributed by atoms with van der Waals surface area (Å²) in [5.74, 6) is 0.628. The van der Waals surface area contributed by atoms with Crippen LogP contribution < -0.4 is 10.6 Å². The number of allylic oxidation sites excluding steroid dienone is 1. The van der Waals surface area contributed by atoms with Crippen LogP contribution in [0.3, 0.4) is 0 Å². The summed E-state index contributed by atoms with van der Waals surface area (Å²) in [7, 11) is 0. The van der Waals surface area contributed by atoms with Crippen molar-refractivity contribution in [3.05, 3.63) is 11.8 Å². The zero-order chi connectivity index (χ0) is 10.3. The average molecular weight is 184 g/mol. The lowest BCUT2D eigenvalue weighted by molar-refractivity contribution is 0.243. The summed E-state index contributed by atoms with van der Waals surface area (Å²) in [6, 6.07) is -0.123. The minimum atomic E-state index is -0.123. The number of hydrogen-bond acceptors (Lipinski definition) is 1. The Morgan fingerprint density at radius 1 is 1.38 bits per heavy atom. The topological polar surface area (TPSA) is 41.1 Å². The van der Waals surface area contributed by atoms with E-state index in [1.165, 1.54) is 0 Å². The van der Waals surface area contributed by atoms with Gasteiger partial charge in [0.1, 0.15) is 0 Å². The molecule has 0 radical (unpaired) electrons. The highest BCUT2D eigenvalue weighted by Gasteiger charge is 1.97. The fraction of sp³-hybridized carbons (Fsp3) is 0.700. The number of carbonyl (C=O) groups is 1. The van der Waals surface area contributed by atoms with Gasteiger partial charge < -0.3 is 10.6 Å². The van der Waals surface area contributed by atoms with Crippen molar-refractivity contribution in [1.29, 1.82) is 0 Å². The zero-order valence-corrected chi connectivity index (χ0v) is 8.98. The molecule has 0 heterocycles. The predicted octanol–water partition coefficient (Wildman–Crippen LogP) is 2.26. The lowest BCUT2D eigenvalue weighted by Crippen LogP contribution is -2.33. The van der Waals surface area contributed by atoms with Crippen molar-refractivity contribution >= 4 is 6.03 Å². The first kappa shape index (κ1) is 12.0. The van der Waals surface area contributed by atoms with E-state index in [0.717, 1.165) is 18.5 Å². The van der Waals surface area contributed by atoms with Crippen LogP contribution in [0.25, 0.3) is 0 Å². The molecule has 0 bridgehead atoms. The Balaban J connectivity index is 3.47. The van der Waals surface area contributed by atoms with Gasteiger partial charge in [-0.1, -0.05) is 19.4 Å². The summed E-state index contributed by atoms with van der Waals surface area (Å²) in [4.78, 5) is 11.1. The van der Waals surface area contributed by atoms with Gasteiger partial charge in [-0.3, -0.25) is 0 Å². The molecule has 2 N–H and O–H groups in total. The molecule has 0 atom stereocenters. The van der Waals surface area contributed by atoms with Crippen LogP contribution in [0.2, 0.25) is 0 Å². The molecular formula is C10H20N2O. The average Bonchev–Trinajstić information content (AvgIpc) is 2.00. The molecule has 2 amide bonds. The van der Waals surface area contributed by atoms with E-state index in [4.69, 9.17) is 0 Å². The Kier molecular flexibility index (Phi) is 6.02. The number of rotatable bonds is 4. The molecule has 0 aromatic carbocycles. The number of hydrogen-bond donors (Lipinski definition) is 2. The van der Waals surface area contributed by atoms with Crippen molar-refractivity contribution in [2.24, 2.45) is 5.92 Å². The van der Waals surface area contributed by atoms with Gasteiger partial charge >= 0.3 is 6.03 Å². The van der Waals surface area contributed by atoms with Crippen LogP contribution in [0.5, 0.6) is 0 Å². The minimum Gasteiger partial charge on any atom is -0.338 e. The molecule has 0 spiro atoms. The molecule has 3 heteroatoms. The predicted molar refractivity (Wildman–Crippen MR) is 55.4 cm³/mol. The Bertz CT molecular complexity index is 181. The Morgan fingerprint density at radius 3 is 2.46 bits per heavy atom. The highest BCUT2D eigenvalue weighted by Crippen LogP contribution is 1.95. The number of urea groups is 1. The van der Waals surface area contributed by atoms with Gasteiger partial charge in [0.2, 0.25) is 0 Å². The molecule has 76 valence electrons. The fourth-order valence-electron chi connectivity index (χ4n) is 0.735. The van der Waals surface area contributed by atoms with E-state index in [-0.39, 0.29) is 6.03 Å². The van der Waals surface area contributed by atoms with E-state index < -0.39 is 0 Å². The monoisotopic (exact) mass is 184 g/mol. The summed E-state index contributed by atoms with van der Waals surface area (Å²) in [5, 5.41) is 5.42. The van der Waals surface area contributed by atoms with Gasteiger partial charge in [-0.15, -0.1) is 0 Å². The molecule has 0 saturated carbocycles. The Morgan fingerprint density at radius 2 is 2.00 bits per heavy atom. The number of amides is 2. The second kappa shape index (κ2) is 6.52. The first-order chi connectivity index (χ1) is 6.02. The van der Waals surface area contributed by atoms with Crippen LogP contribution in [0.1, 0.15) is 34.1 Å². The SMILES string of the molecule is CC(C)=CNC(=O)NCCC(C)C. The molecule has 0 aliphatic carbocycles. The smallest absolute Gasteiger partial charge is 0.318 e. The summed E-state index contributed by atoms with van der Waals surface area (Å²) in [5.41, 5.74) is 1.08. The zero-order valence-electron chi connectivity index (χ0n) is 8.98. The molecule has 0 aromatic rings. The number of nitrogens with one attached hydrogen (secondary N) is 2. The molecular weight excluding hydrogens is 164 g/mol. The van der Waals surface area contributed by atoms with E-state index >= 15 is 0 Å². The normalized spacial score (nSPS) is 9.62. The number of carbonyl (C=O) groups excluding carboxylic acids is 1. The van der Waals surface area contributed by atoms with E-state index in [0.29, 0.717) is 5.92 Å². The van der Waals surface area contributed by atoms with Crippen molar-refractivity contribution in [2.45, 2.75) is 34.1 Å². The fourth-order valence-corrected chi connectivity index (χ4v) is 0.735. The van der Waals surface area contributed by atoms with Gasteiger partial charge in [-0.2, -0.15) is 0 Å². The minimum absolute atomic E-state index is 0.123. The van der Waals surface area contributed by atoms with Gasteiger partial charge in [0.05, 0.1) is 0 Å². The van der Waals surface area contributed by atoms with Gasteiger partial charge in [0.25, 0.3) is 0 Å². The summed E-state index contributed by atoms with van der Waals surface area (Å²) < 4.78 is 0. The molecule has 13 heavy (non-hydrogen) atoms. The molecule has 0 saturated heterocycles. The van der Waals surface area contributed by atoms with Crippen molar-refractivity contribution < 1.29 is 4.79 Å². The lowest BCUT2D eigenvalue weighted by Gasteiger charge is -2.06. The molecule has 0 rings (SSSR count). The van der Waals surface area contributed by atoms with Crippen LogP contribution in [0, 0.1) is 5.92 Å². The van der Waals surface area contributed by atoms with E-state index in [9.17, 15) is 4.79 Å². The van der Waals surface area contributed by atoms with Crippen LogP contribution in [-0.4, -0.2) is 12.6 Å². The highest BCUT2D eigenvalue weighted by molar-refractivity contribution is 5.74. The van der Waals surface area contributed by atoms with Crippen molar-refractivity contribution in [3.8, 4) is 0 Å². The largest absolute Gasteiger partial charge is 0.338 e. The maximum atomic E-state index is 11.1. The quantitative estimate of drug-likeness (QED) is 0.691. The molecule has 0 unspecified atom stereocenters. The first-order valence-corrected chi connectivity index (χ1v) is 4.70. The molecule has 0 aliphatic rings. The molecule has 0 aromatic heterocycles. The molecule has 0 fully saturated rings. The van der Waals surface area contributed by atoms with Crippen molar-refractivity contribution in [2.75, 3.05) is 6.54 Å². The van der Waals surface area contributed by atoms with Gasteiger partial charge in [0, 0.05) is 12.7 Å². The van der Waals surface area contributed by atoms with Crippen molar-refractivity contribution in [1.82, 2.24) is 10.6 Å². The maximum Gasteiger partial charge on any atom is 0.318 e. The van der Waals surface area contributed by atoms with Gasteiger partial charge in [-0.05, 0) is 26.2 Å². The molecule has 0 aliphatic heterocycles. The van der Waals surface area contributed by atoms with Crippen LogP contribution in [0.15, 0.2) is 11.8 Å². The van der Waals surface area contributed by atoms with Gasteiger partial charge in [0.15, 0.2) is 0 Å². The second-order valence-corrected chi connectivity index (χ2v) is 3.80. The summed E-state index contributed by atoms with van der Waals surface area (Å²) >= 11 is 0. The van der Waals surface area contributed by atoms with Crippen LogP contribution >= 0.6 is 0 Å². The highest BCUT2D eigenvalue weighted by atomic mass is 16.2. The third-order valence-electron chi connectivity index (χ3n) is 1.50. The van der Waals surface area contributed by atoms with E-state index in [1.807, 2.05) is 13.8 Å². The Labute approximate surface area is 80.6 Å². The van der Waals surface area contributed by atoms with Crippen molar-refractivity contribution in [3.63, 3.8) is 0 Å². The maximum absolute atomic E-state index is 11.1. The Hall–Kier alpha value is -0.990. The second-order valence-electron chi connectivity index (χ2n) is 3.80. The van der Waals surface area contributed by atoms with E-state index in [2.05, 4.69) is 24.5 Å². The summed E-state index contributed by atoms with van der Waals surface area (Å²) in [6.45, 7) is 8.88. The van der Waals surface area contributed by atoms with Gasteiger partial charge in [-0.25, -0.2) is 4.79 Å². The third-order valence-corrected chi connectivity index (χ3v) is 1.50. The van der Waals surface area contributed by atoms with Crippen LogP contribution in [-0.2, 0) is 0 Å². The molecule has 3 nitrogen and oxygen atoms in total.